The van der Waals surface area contributed by atoms with Gasteiger partial charge in [-0.15, -0.1) is 0 Å². The molecule has 0 amide bonds. The highest BCUT2D eigenvalue weighted by atomic mass is 16.3. The Morgan fingerprint density at radius 3 is 2.42 bits per heavy atom. The van der Waals surface area contributed by atoms with Crippen molar-refractivity contribution in [3.05, 3.63) is 0 Å². The van der Waals surface area contributed by atoms with E-state index in [2.05, 4.69) is 19.2 Å². The fourth-order valence-corrected chi connectivity index (χ4v) is 9.45. The van der Waals surface area contributed by atoms with Crippen LogP contribution in [0.1, 0.15) is 84.5 Å². The third kappa shape index (κ3) is 3.54. The third-order valence-corrected chi connectivity index (χ3v) is 11.4. The van der Waals surface area contributed by atoms with E-state index < -0.39 is 6.10 Å². The van der Waals surface area contributed by atoms with Gasteiger partial charge in [-0.25, -0.2) is 0 Å². The molecule has 0 spiro atoms. The number of hydrogen-bond donors (Lipinski definition) is 3. The van der Waals surface area contributed by atoms with E-state index in [4.69, 9.17) is 0 Å². The first kappa shape index (κ1) is 22.3. The summed E-state index contributed by atoms with van der Waals surface area (Å²) in [5.74, 6) is 3.54. The Bertz CT molecular complexity index is 675. The topological polar surface area (TPSA) is 69.6 Å². The molecule has 176 valence electrons. The van der Waals surface area contributed by atoms with Crippen molar-refractivity contribution < 1.29 is 15.0 Å². The molecule has 0 aromatic carbocycles. The number of ketones is 1. The van der Waals surface area contributed by atoms with Crippen molar-refractivity contribution in [3.8, 4) is 0 Å². The molecule has 1 heterocycles. The number of aliphatic hydroxyl groups excluding tert-OH is 2. The Kier molecular flexibility index (Phi) is 6.06. The first-order chi connectivity index (χ1) is 14.9. The zero-order valence-electron chi connectivity index (χ0n) is 19.8. The second-order valence-electron chi connectivity index (χ2n) is 12.6. The van der Waals surface area contributed by atoms with Crippen molar-refractivity contribution in [1.82, 2.24) is 5.32 Å². The van der Waals surface area contributed by atoms with Gasteiger partial charge < -0.3 is 15.5 Å². The molecule has 31 heavy (non-hydrogen) atoms. The summed E-state index contributed by atoms with van der Waals surface area (Å²) < 4.78 is 0. The van der Waals surface area contributed by atoms with Crippen LogP contribution in [0.5, 0.6) is 0 Å². The van der Waals surface area contributed by atoms with Crippen LogP contribution in [0.2, 0.25) is 0 Å². The molecule has 4 aliphatic carbocycles. The lowest BCUT2D eigenvalue weighted by molar-refractivity contribution is -0.201. The predicted molar refractivity (Wildman–Crippen MR) is 122 cm³/mol. The number of nitrogens with one attached hydrogen (secondary N) is 1. The van der Waals surface area contributed by atoms with Crippen molar-refractivity contribution in [2.45, 2.75) is 90.6 Å². The van der Waals surface area contributed by atoms with Gasteiger partial charge in [-0.3, -0.25) is 4.79 Å². The van der Waals surface area contributed by atoms with Crippen molar-refractivity contribution >= 4 is 5.78 Å². The van der Waals surface area contributed by atoms with E-state index in [0.717, 1.165) is 31.1 Å². The maximum Gasteiger partial charge on any atom is 0.139 e. The van der Waals surface area contributed by atoms with Gasteiger partial charge in [0, 0.05) is 24.4 Å². The fraction of sp³-hybridized carbons (Fsp3) is 0.963. The molecule has 0 bridgehead atoms. The highest BCUT2D eigenvalue weighted by Crippen LogP contribution is 2.67. The average molecular weight is 432 g/mol. The highest BCUT2D eigenvalue weighted by Gasteiger charge is 2.64. The van der Waals surface area contributed by atoms with Gasteiger partial charge in [0.05, 0.1) is 6.10 Å². The van der Waals surface area contributed by atoms with E-state index in [-0.39, 0.29) is 29.3 Å². The average Bonchev–Trinajstić information content (AvgIpc) is 3.08. The van der Waals surface area contributed by atoms with Crippen LogP contribution in [0.3, 0.4) is 0 Å². The Morgan fingerprint density at radius 2 is 1.68 bits per heavy atom. The Labute approximate surface area is 188 Å². The van der Waals surface area contributed by atoms with Gasteiger partial charge in [-0.1, -0.05) is 26.7 Å². The maximum atomic E-state index is 12.7. The smallest absolute Gasteiger partial charge is 0.139 e. The number of carbonyl (C=O) groups excluding carboxylic acids is 1. The lowest BCUT2D eigenvalue weighted by atomic mass is 9.41. The zero-order chi connectivity index (χ0) is 21.8. The number of aliphatic hydroxyl groups is 2. The van der Waals surface area contributed by atoms with Crippen molar-refractivity contribution in [2.75, 3.05) is 19.7 Å². The number of piperidine rings is 1. The minimum Gasteiger partial charge on any atom is -0.396 e. The van der Waals surface area contributed by atoms with Gasteiger partial charge in [-0.05, 0) is 105 Å². The minimum absolute atomic E-state index is 0.00835. The van der Waals surface area contributed by atoms with E-state index in [1.54, 1.807) is 0 Å². The Morgan fingerprint density at radius 1 is 0.935 bits per heavy atom. The summed E-state index contributed by atoms with van der Waals surface area (Å²) in [7, 11) is 0. The molecule has 5 fully saturated rings. The van der Waals surface area contributed by atoms with Crippen molar-refractivity contribution in [1.29, 1.82) is 0 Å². The number of Topliss-reactive ketones (excluding diaryl/α,β-unsaturated/α-hetero) is 1. The quantitative estimate of drug-likeness (QED) is 0.624. The van der Waals surface area contributed by atoms with Crippen LogP contribution in [0.25, 0.3) is 0 Å². The predicted octanol–water partition coefficient (Wildman–Crippen LogP) is 4.18. The van der Waals surface area contributed by atoms with Crippen molar-refractivity contribution in [2.24, 2.45) is 52.3 Å². The molecule has 1 aliphatic heterocycles. The van der Waals surface area contributed by atoms with E-state index in [1.807, 2.05) is 0 Å². The van der Waals surface area contributed by atoms with Gasteiger partial charge in [-0.2, -0.15) is 0 Å². The molecule has 5 aliphatic rings. The van der Waals surface area contributed by atoms with Crippen LogP contribution >= 0.6 is 0 Å². The van der Waals surface area contributed by atoms with E-state index >= 15 is 0 Å². The largest absolute Gasteiger partial charge is 0.396 e. The van der Waals surface area contributed by atoms with E-state index in [1.165, 1.54) is 58.0 Å². The second-order valence-corrected chi connectivity index (χ2v) is 12.6. The standard InChI is InChI=1S/C27H45NO3/c1-26-11-7-18(4-3-17-9-13-28-14-10-17)15-22(26)19(16-29)25(31)24-20-5-6-23(30)27(20,2)12-8-21(24)26/h17-22,24-25,28-29,31H,3-16H2,1-2H3/t18-,19?,20?,21?,22?,24?,25?,26+,27-/m0/s1. The van der Waals surface area contributed by atoms with Crippen molar-refractivity contribution in [3.63, 3.8) is 0 Å². The summed E-state index contributed by atoms with van der Waals surface area (Å²) in [5, 5.41) is 25.5. The van der Waals surface area contributed by atoms with Gasteiger partial charge in [0.1, 0.15) is 5.78 Å². The molecule has 0 aromatic heterocycles. The normalized spacial score (nSPS) is 50.6. The number of hydrogen-bond acceptors (Lipinski definition) is 4. The summed E-state index contributed by atoms with van der Waals surface area (Å²) in [5.41, 5.74) is -0.00702. The lowest BCUT2D eigenvalue weighted by Gasteiger charge is -2.64. The fourth-order valence-electron chi connectivity index (χ4n) is 9.45. The molecule has 1 saturated heterocycles. The first-order valence-electron chi connectivity index (χ1n) is 13.4. The molecule has 9 atom stereocenters. The molecule has 5 rings (SSSR count). The summed E-state index contributed by atoms with van der Waals surface area (Å²) >= 11 is 0. The second kappa shape index (κ2) is 8.40. The zero-order valence-corrected chi connectivity index (χ0v) is 19.8. The van der Waals surface area contributed by atoms with Crippen LogP contribution < -0.4 is 5.32 Å². The SMILES string of the molecule is C[C@]12CC[C@H](CCC3CCNCC3)CC1C(CO)C(O)C1C2CC[C@]2(C)C(=O)CCC12. The molecule has 4 saturated carbocycles. The van der Waals surface area contributed by atoms with Gasteiger partial charge >= 0.3 is 0 Å². The number of rotatable bonds is 4. The first-order valence-corrected chi connectivity index (χ1v) is 13.4. The lowest BCUT2D eigenvalue weighted by Crippen LogP contribution is -2.62. The summed E-state index contributed by atoms with van der Waals surface area (Å²) in [6, 6.07) is 0. The number of fused-ring (bicyclic) bond motifs is 5. The van der Waals surface area contributed by atoms with Gasteiger partial charge in [0.25, 0.3) is 0 Å². The third-order valence-electron chi connectivity index (χ3n) is 11.4. The molecule has 0 aromatic rings. The molecular weight excluding hydrogens is 386 g/mol. The number of carbonyl (C=O) groups is 1. The molecule has 0 radical (unpaired) electrons. The van der Waals surface area contributed by atoms with E-state index in [0.29, 0.717) is 30.0 Å². The molecule has 4 heteroatoms. The van der Waals surface area contributed by atoms with E-state index in [9.17, 15) is 15.0 Å². The van der Waals surface area contributed by atoms with Crippen LogP contribution in [0.15, 0.2) is 0 Å². The summed E-state index contributed by atoms with van der Waals surface area (Å²) in [6.07, 6.45) is 12.4. The van der Waals surface area contributed by atoms with Crippen LogP contribution in [0, 0.1) is 52.3 Å². The molecule has 3 N–H and O–H groups in total. The van der Waals surface area contributed by atoms with Gasteiger partial charge in [0.15, 0.2) is 0 Å². The molecule has 6 unspecified atom stereocenters. The van der Waals surface area contributed by atoms with Crippen LogP contribution in [0.4, 0.5) is 0 Å². The Balaban J connectivity index is 1.34. The summed E-state index contributed by atoms with van der Waals surface area (Å²) in [6.45, 7) is 7.13. The molecular formula is C27H45NO3. The Hall–Kier alpha value is -0.450. The van der Waals surface area contributed by atoms with Crippen LogP contribution in [-0.2, 0) is 4.79 Å². The minimum atomic E-state index is -0.438. The monoisotopic (exact) mass is 431 g/mol. The van der Waals surface area contributed by atoms with Crippen LogP contribution in [-0.4, -0.2) is 41.8 Å². The summed E-state index contributed by atoms with van der Waals surface area (Å²) in [4.78, 5) is 12.7. The molecule has 4 nitrogen and oxygen atoms in total. The maximum absolute atomic E-state index is 12.7. The highest BCUT2D eigenvalue weighted by molar-refractivity contribution is 5.87. The van der Waals surface area contributed by atoms with Gasteiger partial charge in [0.2, 0.25) is 0 Å².